The van der Waals surface area contributed by atoms with E-state index in [9.17, 15) is 19.0 Å². The number of nitrogens with zero attached hydrogens (tertiary/aromatic N) is 1. The fourth-order valence-electron chi connectivity index (χ4n) is 8.21. The van der Waals surface area contributed by atoms with Crippen molar-refractivity contribution in [1.82, 2.24) is 5.32 Å². The normalized spacial score (nSPS) is 14.3. The van der Waals surface area contributed by atoms with Crippen LogP contribution in [-0.2, 0) is 27.9 Å². The fraction of sp³-hybridized carbons (Fsp3) is 0.774. The van der Waals surface area contributed by atoms with Crippen LogP contribution in [0, 0.1) is 0 Å². The highest BCUT2D eigenvalue weighted by atomic mass is 31.2. The number of amides is 1. The average molecular weight is 1030 g/mol. The first-order valence-corrected chi connectivity index (χ1v) is 31.2. The van der Waals surface area contributed by atoms with Gasteiger partial charge in [0, 0.05) is 12.8 Å². The van der Waals surface area contributed by atoms with E-state index in [1.165, 1.54) is 135 Å². The molecule has 72 heavy (non-hydrogen) atoms. The van der Waals surface area contributed by atoms with Crippen molar-refractivity contribution in [2.45, 2.75) is 270 Å². The Hall–Kier alpha value is -2.55. The van der Waals surface area contributed by atoms with E-state index in [0.717, 1.165) is 83.5 Å². The Labute approximate surface area is 444 Å². The molecule has 418 valence electrons. The van der Waals surface area contributed by atoms with Gasteiger partial charge in [-0.15, -0.1) is 0 Å². The van der Waals surface area contributed by atoms with Crippen LogP contribution in [0.15, 0.2) is 72.9 Å². The largest absolute Gasteiger partial charge is 0.756 e. The molecule has 0 spiro atoms. The van der Waals surface area contributed by atoms with Crippen LogP contribution in [0.3, 0.4) is 0 Å². The van der Waals surface area contributed by atoms with Gasteiger partial charge in [-0.1, -0.05) is 222 Å². The number of carbonyl (C=O) groups is 2. The first kappa shape index (κ1) is 69.5. The van der Waals surface area contributed by atoms with Gasteiger partial charge in [0.05, 0.1) is 33.8 Å². The number of hydrogen-bond donors (Lipinski definition) is 1. The highest BCUT2D eigenvalue weighted by Gasteiger charge is 2.27. The van der Waals surface area contributed by atoms with Crippen LogP contribution in [0.2, 0.25) is 0 Å². The molecule has 1 N–H and O–H groups in total. The van der Waals surface area contributed by atoms with Crippen molar-refractivity contribution in [2.75, 3.05) is 40.9 Å². The first-order chi connectivity index (χ1) is 34.9. The minimum absolute atomic E-state index is 0.0342. The number of likely N-dealkylation sites (N-methyl/N-ethyl adjacent to an activating group) is 1. The number of ether oxygens (including phenoxy) is 1. The lowest BCUT2D eigenvalue weighted by atomic mass is 10.0. The van der Waals surface area contributed by atoms with E-state index in [2.05, 4.69) is 86.8 Å². The summed E-state index contributed by atoms with van der Waals surface area (Å²) in [6.07, 6.45) is 65.8. The second kappa shape index (κ2) is 51.9. The molecule has 0 aliphatic rings. The van der Waals surface area contributed by atoms with Crippen molar-refractivity contribution in [1.29, 1.82) is 0 Å². The second-order valence-electron chi connectivity index (χ2n) is 21.1. The van der Waals surface area contributed by atoms with Crippen LogP contribution in [0.5, 0.6) is 0 Å². The molecule has 0 rings (SSSR count). The summed E-state index contributed by atoms with van der Waals surface area (Å²) in [5.41, 5.74) is 0. The molecule has 0 saturated heterocycles. The third-order valence-electron chi connectivity index (χ3n) is 12.9. The second-order valence-corrected chi connectivity index (χ2v) is 22.6. The maximum absolute atomic E-state index is 13.5. The molecule has 0 radical (unpaired) electrons. The molecule has 0 bridgehead atoms. The number of quaternary nitrogens is 1. The van der Waals surface area contributed by atoms with Crippen LogP contribution in [0.25, 0.3) is 0 Å². The van der Waals surface area contributed by atoms with Gasteiger partial charge in [-0.25, -0.2) is 0 Å². The lowest BCUT2D eigenvalue weighted by Gasteiger charge is -2.30. The Bertz CT molecular complexity index is 1460. The average Bonchev–Trinajstić information content (AvgIpc) is 3.34. The van der Waals surface area contributed by atoms with E-state index in [1.807, 2.05) is 33.3 Å². The molecule has 9 nitrogen and oxygen atoms in total. The van der Waals surface area contributed by atoms with Gasteiger partial charge in [-0.3, -0.25) is 14.2 Å². The Balaban J connectivity index is 5.45. The van der Waals surface area contributed by atoms with Gasteiger partial charge in [-0.05, 0) is 96.0 Å². The highest BCUT2D eigenvalue weighted by molar-refractivity contribution is 7.45. The summed E-state index contributed by atoms with van der Waals surface area (Å²) in [6, 6.07) is -0.916. The van der Waals surface area contributed by atoms with Gasteiger partial charge in [0.25, 0.3) is 7.82 Å². The number of nitrogens with one attached hydrogen (secondary N) is 1. The van der Waals surface area contributed by atoms with E-state index in [0.29, 0.717) is 23.9 Å². The lowest BCUT2D eigenvalue weighted by molar-refractivity contribution is -0.870. The van der Waals surface area contributed by atoms with Gasteiger partial charge in [0.15, 0.2) is 0 Å². The van der Waals surface area contributed by atoms with Crippen molar-refractivity contribution >= 4 is 19.7 Å². The molecule has 0 heterocycles. The number of unbranched alkanes of at least 4 members (excludes halogenated alkanes) is 27. The van der Waals surface area contributed by atoms with E-state index in [4.69, 9.17) is 13.8 Å². The Morgan fingerprint density at radius 1 is 0.486 bits per heavy atom. The number of allylic oxidation sites excluding steroid dienone is 11. The lowest BCUT2D eigenvalue weighted by Crippen LogP contribution is -2.47. The molecule has 3 atom stereocenters. The molecule has 0 saturated carbocycles. The number of hydrogen-bond acceptors (Lipinski definition) is 7. The number of rotatable bonds is 53. The van der Waals surface area contributed by atoms with Crippen molar-refractivity contribution in [2.24, 2.45) is 0 Å². The van der Waals surface area contributed by atoms with Gasteiger partial charge < -0.3 is 28.5 Å². The standard InChI is InChI=1S/C62H113N2O7P/c1-7-10-13-16-19-22-25-28-30-32-34-37-40-43-46-49-52-55-62(66)71-60(53-50-47-44-41-38-35-27-24-21-18-15-12-9-3)59(58-70-72(67,68)69-57-56-64(4,5)6)63-61(65)54-51-48-45-42-39-36-33-31-29-26-23-20-17-14-11-8-2/h19,22,28,30-31,33-34,37,43,46,50,53,59-60H,7-18,20-21,23-27,29,32,35-36,38-42,44-45,47-49,51-52,54-58H2,1-6H3,(H-,63,65,67,68)/b22-19-,30-28-,33-31+,37-34-,46-43-,53-50+. The zero-order valence-corrected chi connectivity index (χ0v) is 48.5. The van der Waals surface area contributed by atoms with Crippen LogP contribution in [0.1, 0.15) is 258 Å². The minimum Gasteiger partial charge on any atom is -0.756 e. The summed E-state index contributed by atoms with van der Waals surface area (Å²) in [5, 5.41) is 3.01. The van der Waals surface area contributed by atoms with Crippen molar-refractivity contribution in [3.8, 4) is 0 Å². The minimum atomic E-state index is -4.71. The van der Waals surface area contributed by atoms with Crippen molar-refractivity contribution < 1.29 is 37.3 Å². The Morgan fingerprint density at radius 3 is 1.33 bits per heavy atom. The zero-order chi connectivity index (χ0) is 52.9. The number of carbonyl (C=O) groups excluding carboxylic acids is 2. The molecule has 0 aromatic rings. The first-order valence-electron chi connectivity index (χ1n) is 29.7. The number of esters is 1. The summed E-state index contributed by atoms with van der Waals surface area (Å²) in [4.78, 5) is 39.9. The maximum atomic E-state index is 13.5. The Morgan fingerprint density at radius 2 is 0.861 bits per heavy atom. The molecule has 0 aliphatic carbocycles. The predicted octanol–water partition coefficient (Wildman–Crippen LogP) is 17.4. The monoisotopic (exact) mass is 1030 g/mol. The van der Waals surface area contributed by atoms with Crippen molar-refractivity contribution in [3.63, 3.8) is 0 Å². The van der Waals surface area contributed by atoms with Crippen molar-refractivity contribution in [3.05, 3.63) is 72.9 Å². The highest BCUT2D eigenvalue weighted by Crippen LogP contribution is 2.38. The summed E-state index contributed by atoms with van der Waals surface area (Å²) >= 11 is 0. The predicted molar refractivity (Wildman–Crippen MR) is 307 cm³/mol. The van der Waals surface area contributed by atoms with Crippen LogP contribution >= 0.6 is 7.82 Å². The maximum Gasteiger partial charge on any atom is 0.306 e. The summed E-state index contributed by atoms with van der Waals surface area (Å²) in [6.45, 7) is 6.77. The molecule has 0 aliphatic heterocycles. The van der Waals surface area contributed by atoms with Gasteiger partial charge in [0.1, 0.15) is 19.3 Å². The van der Waals surface area contributed by atoms with Gasteiger partial charge in [-0.2, -0.15) is 0 Å². The van der Waals surface area contributed by atoms with Gasteiger partial charge in [0.2, 0.25) is 5.91 Å². The molecule has 0 fully saturated rings. The smallest absolute Gasteiger partial charge is 0.306 e. The molecule has 3 unspecified atom stereocenters. The fourth-order valence-corrected chi connectivity index (χ4v) is 8.94. The topological polar surface area (TPSA) is 114 Å². The summed E-state index contributed by atoms with van der Waals surface area (Å²) in [5.74, 6) is -0.615. The molecular weight excluding hydrogens is 916 g/mol. The summed E-state index contributed by atoms with van der Waals surface area (Å²) < 4.78 is 30.2. The molecule has 0 aromatic carbocycles. The summed E-state index contributed by atoms with van der Waals surface area (Å²) in [7, 11) is 1.15. The molecule has 0 aromatic heterocycles. The van der Waals surface area contributed by atoms with E-state index < -0.39 is 32.5 Å². The zero-order valence-electron chi connectivity index (χ0n) is 47.6. The molecule has 1 amide bonds. The molecule has 10 heteroatoms. The third-order valence-corrected chi connectivity index (χ3v) is 13.8. The Kier molecular flexibility index (Phi) is 50.1. The van der Waals surface area contributed by atoms with Crippen LogP contribution in [0.4, 0.5) is 0 Å². The number of phosphoric acid groups is 1. The SMILES string of the molecule is CCCCC/C=C\C/C=C\C/C=C\C/C=C\CCCC(=O)OC(/C=C/CCCCCCCCCCCCC)C(COP(=O)([O-])OCC[N+](C)(C)C)NC(=O)CCCCCCC/C=C/CCCCCCCCC. The van der Waals surface area contributed by atoms with Crippen LogP contribution in [-0.4, -0.2) is 69.4 Å². The van der Waals surface area contributed by atoms with E-state index >= 15 is 0 Å². The van der Waals surface area contributed by atoms with Gasteiger partial charge >= 0.3 is 5.97 Å². The quantitative estimate of drug-likeness (QED) is 0.0212. The van der Waals surface area contributed by atoms with Crippen LogP contribution < -0.4 is 10.2 Å². The number of phosphoric ester groups is 1. The molecular formula is C62H113N2O7P. The third kappa shape index (κ3) is 52.3. The van der Waals surface area contributed by atoms with E-state index in [-0.39, 0.29) is 18.9 Å². The van der Waals surface area contributed by atoms with E-state index in [1.54, 1.807) is 0 Å².